The number of nitrogens with one attached hydrogen (secondary N) is 1. The maximum Gasteiger partial charge on any atom is 0.307 e. The number of carboxylic acid groups (broad SMARTS) is 1. The van der Waals surface area contributed by atoms with E-state index in [1.807, 2.05) is 6.92 Å². The lowest BCUT2D eigenvalue weighted by molar-refractivity contribution is -0.384. The van der Waals surface area contributed by atoms with Crippen molar-refractivity contribution in [3.05, 3.63) is 34.4 Å². The molecule has 3 aliphatic carbocycles. The average molecular weight is 399 g/mol. The van der Waals surface area contributed by atoms with Crippen LogP contribution in [0.2, 0.25) is 0 Å². The minimum absolute atomic E-state index is 0.00646. The van der Waals surface area contributed by atoms with Crippen molar-refractivity contribution in [2.24, 2.45) is 39.6 Å². The third-order valence-corrected chi connectivity index (χ3v) is 7.94. The van der Waals surface area contributed by atoms with Gasteiger partial charge >= 0.3 is 5.97 Å². The van der Waals surface area contributed by atoms with Crippen molar-refractivity contribution in [2.75, 3.05) is 5.43 Å². The molecule has 1 aromatic rings. The first kappa shape index (κ1) is 19.5. The summed E-state index contributed by atoms with van der Waals surface area (Å²) in [4.78, 5) is 35.6. The van der Waals surface area contributed by atoms with Gasteiger partial charge in [-0.1, -0.05) is 20.8 Å². The standard InChI is InChI=1S/C21H25N3O5/c1-11-15(23-22-13-4-6-14(7-5-13)24(28)29)10-16-20(3)8-9-21(16,12(2)19(26)27)18(25)17(11)20/h4-7,11-12,16-17,22H,8-10H2,1-3H3,(H,26,27)/b23-15+. The summed E-state index contributed by atoms with van der Waals surface area (Å²) in [5.41, 5.74) is 3.48. The van der Waals surface area contributed by atoms with Crippen molar-refractivity contribution >= 4 is 28.8 Å². The molecule has 4 rings (SSSR count). The van der Waals surface area contributed by atoms with Gasteiger partial charge in [0, 0.05) is 35.1 Å². The second-order valence-corrected chi connectivity index (χ2v) is 9.01. The molecule has 0 aliphatic heterocycles. The third-order valence-electron chi connectivity index (χ3n) is 7.94. The van der Waals surface area contributed by atoms with Crippen LogP contribution in [0.3, 0.4) is 0 Å². The monoisotopic (exact) mass is 399 g/mol. The first-order valence-corrected chi connectivity index (χ1v) is 9.97. The number of nitro groups is 1. The quantitative estimate of drug-likeness (QED) is 0.575. The molecule has 1 aromatic carbocycles. The number of hydrazone groups is 1. The largest absolute Gasteiger partial charge is 0.481 e. The van der Waals surface area contributed by atoms with E-state index in [1.54, 1.807) is 19.1 Å². The fourth-order valence-electron chi connectivity index (χ4n) is 6.36. The van der Waals surface area contributed by atoms with Crippen molar-refractivity contribution in [3.8, 4) is 0 Å². The van der Waals surface area contributed by atoms with Crippen molar-refractivity contribution in [3.63, 3.8) is 0 Å². The average Bonchev–Trinajstić information content (AvgIpc) is 3.03. The van der Waals surface area contributed by atoms with Crippen LogP contribution in [0.25, 0.3) is 0 Å². The van der Waals surface area contributed by atoms with E-state index in [0.717, 1.165) is 12.1 Å². The van der Waals surface area contributed by atoms with E-state index in [0.29, 0.717) is 18.5 Å². The third kappa shape index (κ3) is 2.54. The Hall–Kier alpha value is -2.77. The number of carboxylic acids is 1. The molecule has 0 radical (unpaired) electrons. The number of hydrogen-bond acceptors (Lipinski definition) is 6. The molecule has 6 unspecified atom stereocenters. The van der Waals surface area contributed by atoms with Gasteiger partial charge < -0.3 is 5.11 Å². The molecule has 8 heteroatoms. The Morgan fingerprint density at radius 2 is 2.00 bits per heavy atom. The molecule has 0 spiro atoms. The normalized spacial score (nSPS) is 37.6. The second-order valence-electron chi connectivity index (χ2n) is 9.01. The van der Waals surface area contributed by atoms with Gasteiger partial charge in [0.25, 0.3) is 5.69 Å². The zero-order valence-corrected chi connectivity index (χ0v) is 16.7. The second kappa shape index (κ2) is 6.37. The van der Waals surface area contributed by atoms with Crippen molar-refractivity contribution in [1.29, 1.82) is 0 Å². The number of non-ortho nitro benzene ring substituents is 1. The van der Waals surface area contributed by atoms with E-state index in [9.17, 15) is 24.8 Å². The van der Waals surface area contributed by atoms with Gasteiger partial charge in [-0.15, -0.1) is 0 Å². The van der Waals surface area contributed by atoms with Crippen molar-refractivity contribution in [2.45, 2.75) is 40.0 Å². The summed E-state index contributed by atoms with van der Waals surface area (Å²) in [5.74, 6) is -1.83. The number of ketones is 1. The van der Waals surface area contributed by atoms with Gasteiger partial charge in [0.2, 0.25) is 0 Å². The molecule has 0 aromatic heterocycles. The van der Waals surface area contributed by atoms with Gasteiger partial charge in [0.1, 0.15) is 5.78 Å². The van der Waals surface area contributed by atoms with Gasteiger partial charge in [0.15, 0.2) is 0 Å². The number of rotatable bonds is 5. The van der Waals surface area contributed by atoms with Crippen LogP contribution in [-0.4, -0.2) is 27.5 Å². The molecule has 29 heavy (non-hydrogen) atoms. The summed E-state index contributed by atoms with van der Waals surface area (Å²) in [7, 11) is 0. The van der Waals surface area contributed by atoms with Crippen molar-refractivity contribution < 1.29 is 19.6 Å². The molecule has 0 saturated heterocycles. The lowest BCUT2D eigenvalue weighted by Crippen LogP contribution is -2.43. The summed E-state index contributed by atoms with van der Waals surface area (Å²) in [6.45, 7) is 5.81. The van der Waals surface area contributed by atoms with Crippen molar-refractivity contribution in [1.82, 2.24) is 0 Å². The van der Waals surface area contributed by atoms with E-state index < -0.39 is 22.2 Å². The fraction of sp³-hybridized carbons (Fsp3) is 0.571. The zero-order chi connectivity index (χ0) is 21.1. The van der Waals surface area contributed by atoms with Crippen LogP contribution >= 0.6 is 0 Å². The number of nitrogens with zero attached hydrogens (tertiary/aromatic N) is 2. The first-order valence-electron chi connectivity index (χ1n) is 9.97. The fourth-order valence-corrected chi connectivity index (χ4v) is 6.36. The summed E-state index contributed by atoms with van der Waals surface area (Å²) in [6, 6.07) is 6.00. The minimum Gasteiger partial charge on any atom is -0.481 e. The van der Waals surface area contributed by atoms with Gasteiger partial charge in [-0.05, 0) is 42.7 Å². The van der Waals surface area contributed by atoms with Gasteiger partial charge in [0.05, 0.1) is 16.5 Å². The molecule has 6 atom stereocenters. The smallest absolute Gasteiger partial charge is 0.307 e. The van der Waals surface area contributed by atoms with Gasteiger partial charge in [-0.2, -0.15) is 5.10 Å². The number of carbonyl (C=O) groups excluding carboxylic acids is 1. The van der Waals surface area contributed by atoms with E-state index in [1.165, 1.54) is 12.1 Å². The molecule has 4 bridgehead atoms. The van der Waals surface area contributed by atoms with Crippen LogP contribution in [0.5, 0.6) is 0 Å². The highest BCUT2D eigenvalue weighted by Crippen LogP contribution is 2.73. The highest BCUT2D eigenvalue weighted by atomic mass is 16.6. The lowest BCUT2D eigenvalue weighted by atomic mass is 9.61. The molecule has 2 N–H and O–H groups in total. The van der Waals surface area contributed by atoms with Crippen LogP contribution in [-0.2, 0) is 9.59 Å². The zero-order valence-electron chi connectivity index (χ0n) is 16.7. The Morgan fingerprint density at radius 3 is 2.59 bits per heavy atom. The Kier molecular flexibility index (Phi) is 4.29. The number of aliphatic carboxylic acids is 1. The Balaban J connectivity index is 1.63. The molecule has 3 aliphatic rings. The molecule has 8 nitrogen and oxygen atoms in total. The molecular weight excluding hydrogens is 374 g/mol. The van der Waals surface area contributed by atoms with Crippen LogP contribution in [0, 0.1) is 44.6 Å². The Labute approximate surface area is 168 Å². The van der Waals surface area contributed by atoms with Crippen LogP contribution < -0.4 is 5.43 Å². The summed E-state index contributed by atoms with van der Waals surface area (Å²) < 4.78 is 0. The van der Waals surface area contributed by atoms with E-state index in [-0.39, 0.29) is 34.6 Å². The number of carbonyl (C=O) groups is 2. The summed E-state index contributed by atoms with van der Waals surface area (Å²) in [5, 5.41) is 25.0. The number of anilines is 1. The molecular formula is C21H25N3O5. The van der Waals surface area contributed by atoms with Gasteiger partial charge in [-0.25, -0.2) is 0 Å². The summed E-state index contributed by atoms with van der Waals surface area (Å²) in [6.07, 6.45) is 2.10. The van der Waals surface area contributed by atoms with Crippen LogP contribution in [0.15, 0.2) is 29.4 Å². The number of Topliss-reactive ketones (excluding diaryl/α,β-unsaturated/α-hetero) is 1. The lowest BCUT2D eigenvalue weighted by Gasteiger charge is -2.42. The maximum atomic E-state index is 13.5. The van der Waals surface area contributed by atoms with E-state index >= 15 is 0 Å². The molecule has 3 saturated carbocycles. The van der Waals surface area contributed by atoms with Crippen LogP contribution in [0.4, 0.5) is 11.4 Å². The molecule has 154 valence electrons. The topological polar surface area (TPSA) is 122 Å². The van der Waals surface area contributed by atoms with Gasteiger partial charge in [-0.3, -0.25) is 25.1 Å². The first-order chi connectivity index (χ1) is 13.6. The SMILES string of the molecule is CC1/C(=N/Nc2ccc([N+](=O)[O-])cc2)CC2C3(C)CCC2(C(C)C(=O)O)C(=O)C13. The highest BCUT2D eigenvalue weighted by Gasteiger charge is 2.75. The van der Waals surface area contributed by atoms with Crippen LogP contribution in [0.1, 0.15) is 40.0 Å². The summed E-state index contributed by atoms with van der Waals surface area (Å²) >= 11 is 0. The Bertz CT molecular complexity index is 927. The molecule has 0 heterocycles. The number of hydrogen-bond donors (Lipinski definition) is 2. The highest BCUT2D eigenvalue weighted by molar-refractivity contribution is 6.03. The number of benzene rings is 1. The predicted octanol–water partition coefficient (Wildman–Crippen LogP) is 3.72. The maximum absolute atomic E-state index is 13.5. The van der Waals surface area contributed by atoms with E-state index in [4.69, 9.17) is 0 Å². The Morgan fingerprint density at radius 1 is 1.34 bits per heavy atom. The number of nitro benzene ring substituents is 1. The predicted molar refractivity (Wildman–Crippen MR) is 106 cm³/mol. The molecule has 0 amide bonds. The molecule has 3 fully saturated rings. The minimum atomic E-state index is -0.912. The van der Waals surface area contributed by atoms with E-state index in [2.05, 4.69) is 17.5 Å².